The SMILES string of the molecule is CSc1ccc(C(=O)COc2ccccc2SC)cc1. The minimum Gasteiger partial charge on any atom is -0.484 e. The van der Waals surface area contributed by atoms with E-state index in [-0.39, 0.29) is 12.4 Å². The first-order valence-electron chi connectivity index (χ1n) is 6.17. The molecule has 0 aromatic heterocycles. The fourth-order valence-electron chi connectivity index (χ4n) is 1.74. The van der Waals surface area contributed by atoms with Crippen LogP contribution in [0.1, 0.15) is 10.4 Å². The number of hydrogen-bond acceptors (Lipinski definition) is 4. The van der Waals surface area contributed by atoms with Crippen LogP contribution in [0.15, 0.2) is 58.3 Å². The second-order valence-electron chi connectivity index (χ2n) is 4.09. The van der Waals surface area contributed by atoms with Gasteiger partial charge in [-0.15, -0.1) is 23.5 Å². The molecule has 0 saturated carbocycles. The van der Waals surface area contributed by atoms with E-state index in [9.17, 15) is 4.79 Å². The highest BCUT2D eigenvalue weighted by Gasteiger charge is 2.08. The second kappa shape index (κ2) is 7.41. The van der Waals surface area contributed by atoms with Gasteiger partial charge in [0.15, 0.2) is 12.4 Å². The zero-order valence-corrected chi connectivity index (χ0v) is 13.1. The lowest BCUT2D eigenvalue weighted by Gasteiger charge is -2.09. The van der Waals surface area contributed by atoms with Crippen molar-refractivity contribution >= 4 is 29.3 Å². The number of ether oxygens (including phenoxy) is 1. The Bertz CT molecular complexity index is 579. The van der Waals surface area contributed by atoms with Crippen LogP contribution in [0.4, 0.5) is 0 Å². The van der Waals surface area contributed by atoms with Crippen LogP contribution in [0.5, 0.6) is 5.75 Å². The summed E-state index contributed by atoms with van der Waals surface area (Å²) < 4.78 is 5.63. The third-order valence-corrected chi connectivity index (χ3v) is 4.36. The highest BCUT2D eigenvalue weighted by molar-refractivity contribution is 7.98. The van der Waals surface area contributed by atoms with Gasteiger partial charge in [-0.2, -0.15) is 0 Å². The van der Waals surface area contributed by atoms with Crippen molar-refractivity contribution in [3.05, 3.63) is 54.1 Å². The third kappa shape index (κ3) is 3.81. The molecular formula is C16H16O2S2. The van der Waals surface area contributed by atoms with E-state index >= 15 is 0 Å². The molecule has 0 saturated heterocycles. The number of rotatable bonds is 6. The van der Waals surface area contributed by atoms with Crippen LogP contribution in [0.25, 0.3) is 0 Å². The molecule has 0 spiro atoms. The molecular weight excluding hydrogens is 288 g/mol. The van der Waals surface area contributed by atoms with Crippen molar-refractivity contribution in [2.45, 2.75) is 9.79 Å². The Labute approximate surface area is 127 Å². The first kappa shape index (κ1) is 15.0. The molecule has 0 unspecified atom stereocenters. The third-order valence-electron chi connectivity index (χ3n) is 2.84. The molecule has 0 heterocycles. The van der Waals surface area contributed by atoms with E-state index in [0.717, 1.165) is 15.5 Å². The quantitative estimate of drug-likeness (QED) is 0.584. The van der Waals surface area contributed by atoms with Crippen LogP contribution in [0, 0.1) is 0 Å². The van der Waals surface area contributed by atoms with Crippen LogP contribution in [0.2, 0.25) is 0 Å². The van der Waals surface area contributed by atoms with Crippen molar-refractivity contribution in [1.29, 1.82) is 0 Å². The fourth-order valence-corrected chi connectivity index (χ4v) is 2.69. The minimum atomic E-state index is -0.00596. The van der Waals surface area contributed by atoms with Crippen molar-refractivity contribution in [3.63, 3.8) is 0 Å². The number of ketones is 1. The van der Waals surface area contributed by atoms with Crippen molar-refractivity contribution in [3.8, 4) is 5.75 Å². The number of Topliss-reactive ketones (excluding diaryl/α,β-unsaturated/α-hetero) is 1. The summed E-state index contributed by atoms with van der Waals surface area (Å²) in [5.74, 6) is 0.752. The summed E-state index contributed by atoms with van der Waals surface area (Å²) in [5, 5.41) is 0. The van der Waals surface area contributed by atoms with E-state index < -0.39 is 0 Å². The molecule has 20 heavy (non-hydrogen) atoms. The topological polar surface area (TPSA) is 26.3 Å². The Balaban J connectivity index is 2.01. The smallest absolute Gasteiger partial charge is 0.200 e. The van der Waals surface area contributed by atoms with Gasteiger partial charge in [0.25, 0.3) is 0 Å². The Morgan fingerprint density at radius 3 is 2.35 bits per heavy atom. The van der Waals surface area contributed by atoms with E-state index in [2.05, 4.69) is 0 Å². The molecule has 0 aliphatic heterocycles. The van der Waals surface area contributed by atoms with Gasteiger partial charge < -0.3 is 4.74 Å². The number of hydrogen-bond donors (Lipinski definition) is 0. The van der Waals surface area contributed by atoms with Crippen LogP contribution < -0.4 is 4.74 Å². The molecule has 4 heteroatoms. The molecule has 0 aliphatic rings. The maximum absolute atomic E-state index is 12.1. The summed E-state index contributed by atoms with van der Waals surface area (Å²) in [6.45, 7) is 0.0657. The molecule has 0 bridgehead atoms. The normalized spacial score (nSPS) is 10.3. The zero-order valence-electron chi connectivity index (χ0n) is 11.5. The van der Waals surface area contributed by atoms with Crippen molar-refractivity contribution in [2.75, 3.05) is 19.1 Å². The Hall–Kier alpha value is -1.39. The molecule has 2 nitrogen and oxygen atoms in total. The van der Waals surface area contributed by atoms with Crippen molar-refractivity contribution < 1.29 is 9.53 Å². The lowest BCUT2D eigenvalue weighted by Crippen LogP contribution is -2.11. The van der Waals surface area contributed by atoms with Gasteiger partial charge in [-0.1, -0.05) is 24.3 Å². The van der Waals surface area contributed by atoms with Crippen molar-refractivity contribution in [1.82, 2.24) is 0 Å². The average molecular weight is 304 g/mol. The lowest BCUT2D eigenvalue weighted by atomic mass is 10.1. The van der Waals surface area contributed by atoms with Crippen LogP contribution in [0.3, 0.4) is 0 Å². The predicted octanol–water partition coefficient (Wildman–Crippen LogP) is 4.39. The highest BCUT2D eigenvalue weighted by Crippen LogP contribution is 2.27. The molecule has 104 valence electrons. The Morgan fingerprint density at radius 2 is 1.70 bits per heavy atom. The standard InChI is InChI=1S/C16H16O2S2/c1-19-13-9-7-12(8-10-13)14(17)11-18-15-5-3-4-6-16(15)20-2/h3-10H,11H2,1-2H3. The molecule has 2 aromatic rings. The molecule has 2 rings (SSSR count). The van der Waals surface area contributed by atoms with Gasteiger partial charge >= 0.3 is 0 Å². The summed E-state index contributed by atoms with van der Waals surface area (Å²) in [6, 6.07) is 15.3. The first-order valence-corrected chi connectivity index (χ1v) is 8.62. The average Bonchev–Trinajstić information content (AvgIpc) is 2.53. The van der Waals surface area contributed by atoms with Gasteiger partial charge in [0.2, 0.25) is 0 Å². The number of para-hydroxylation sites is 1. The van der Waals surface area contributed by atoms with Gasteiger partial charge in [-0.05, 0) is 36.8 Å². The molecule has 0 N–H and O–H groups in total. The van der Waals surface area contributed by atoms with Gasteiger partial charge in [0.1, 0.15) is 5.75 Å². The summed E-state index contributed by atoms with van der Waals surface area (Å²) in [7, 11) is 0. The van der Waals surface area contributed by atoms with E-state index in [4.69, 9.17) is 4.74 Å². The maximum Gasteiger partial charge on any atom is 0.200 e. The highest BCUT2D eigenvalue weighted by atomic mass is 32.2. The fraction of sp³-hybridized carbons (Fsp3) is 0.188. The number of thioether (sulfide) groups is 2. The minimum absolute atomic E-state index is 0.00596. The van der Waals surface area contributed by atoms with E-state index in [1.807, 2.05) is 61.0 Å². The molecule has 0 aliphatic carbocycles. The van der Waals surface area contributed by atoms with Gasteiger partial charge in [0.05, 0.1) is 0 Å². The van der Waals surface area contributed by atoms with Crippen LogP contribution in [-0.4, -0.2) is 24.9 Å². The van der Waals surface area contributed by atoms with E-state index in [1.54, 1.807) is 23.5 Å². The first-order chi connectivity index (χ1) is 9.74. The van der Waals surface area contributed by atoms with E-state index in [0.29, 0.717) is 5.56 Å². The molecule has 0 radical (unpaired) electrons. The summed E-state index contributed by atoms with van der Waals surface area (Å²) >= 11 is 3.27. The summed E-state index contributed by atoms with van der Waals surface area (Å²) in [5.41, 5.74) is 0.685. The summed E-state index contributed by atoms with van der Waals surface area (Å²) in [6.07, 6.45) is 4.00. The van der Waals surface area contributed by atoms with Crippen molar-refractivity contribution in [2.24, 2.45) is 0 Å². The zero-order chi connectivity index (χ0) is 14.4. The van der Waals surface area contributed by atoms with E-state index in [1.165, 1.54) is 0 Å². The van der Waals surface area contributed by atoms with Gasteiger partial charge in [0, 0.05) is 15.4 Å². The molecule has 0 fully saturated rings. The second-order valence-corrected chi connectivity index (χ2v) is 5.82. The van der Waals surface area contributed by atoms with Crippen LogP contribution >= 0.6 is 23.5 Å². The predicted molar refractivity (Wildman–Crippen MR) is 86.3 cm³/mol. The Kier molecular flexibility index (Phi) is 5.56. The lowest BCUT2D eigenvalue weighted by molar-refractivity contribution is 0.0919. The monoisotopic (exact) mass is 304 g/mol. The number of carbonyl (C=O) groups is 1. The van der Waals surface area contributed by atoms with Gasteiger partial charge in [-0.3, -0.25) is 4.79 Å². The maximum atomic E-state index is 12.1. The largest absolute Gasteiger partial charge is 0.484 e. The van der Waals surface area contributed by atoms with Crippen LogP contribution in [-0.2, 0) is 0 Å². The molecule has 0 amide bonds. The van der Waals surface area contributed by atoms with Gasteiger partial charge in [-0.25, -0.2) is 0 Å². The summed E-state index contributed by atoms with van der Waals surface area (Å²) in [4.78, 5) is 14.3. The number of carbonyl (C=O) groups excluding carboxylic acids is 1. The number of benzene rings is 2. The molecule has 0 atom stereocenters. The molecule has 2 aromatic carbocycles. The Morgan fingerprint density at radius 1 is 1.00 bits per heavy atom.